The van der Waals surface area contributed by atoms with E-state index in [1.54, 1.807) is 0 Å². The van der Waals surface area contributed by atoms with Gasteiger partial charge in [-0.1, -0.05) is 12.1 Å². The van der Waals surface area contributed by atoms with E-state index in [2.05, 4.69) is 4.18 Å². The van der Waals surface area contributed by atoms with Crippen molar-refractivity contribution < 1.29 is 38.2 Å². The fourth-order valence-corrected chi connectivity index (χ4v) is 3.59. The third-order valence-electron chi connectivity index (χ3n) is 2.66. The van der Waals surface area contributed by atoms with E-state index in [-0.39, 0.29) is 22.3 Å². The van der Waals surface area contributed by atoms with Gasteiger partial charge in [0.15, 0.2) is 5.75 Å². The molecule has 0 aliphatic heterocycles. The average molecular weight is 396 g/mol. The van der Waals surface area contributed by atoms with Crippen molar-refractivity contribution in [1.82, 2.24) is 0 Å². The maximum absolute atomic E-state index is 11.5. The van der Waals surface area contributed by atoms with Crippen molar-refractivity contribution in [3.05, 3.63) is 30.3 Å². The van der Waals surface area contributed by atoms with Crippen LogP contribution in [-0.4, -0.2) is 42.3 Å². The summed E-state index contributed by atoms with van der Waals surface area (Å²) >= 11 is 0. The Balaban J connectivity index is 2.88. The topological polar surface area (TPSA) is 141 Å². The summed E-state index contributed by atoms with van der Waals surface area (Å²) in [6.07, 6.45) is 1.51. The van der Waals surface area contributed by atoms with E-state index < -0.39 is 35.2 Å². The Hall–Kier alpha value is -1.89. The maximum Gasteiger partial charge on any atom is 0.306 e. The quantitative estimate of drug-likeness (QED) is 0.572. The lowest BCUT2D eigenvalue weighted by molar-refractivity contribution is 0.484. The van der Waals surface area contributed by atoms with Gasteiger partial charge < -0.3 is 8.37 Å². The fraction of sp³-hybridized carbons (Fsp3) is 0.167. The lowest BCUT2D eigenvalue weighted by Gasteiger charge is -2.12. The van der Waals surface area contributed by atoms with E-state index in [1.165, 1.54) is 12.1 Å². The number of fused-ring (bicyclic) bond motifs is 1. The van der Waals surface area contributed by atoms with Crippen molar-refractivity contribution >= 4 is 41.1 Å². The molecule has 0 aliphatic rings. The normalized spacial score (nSPS) is 13.0. The average Bonchev–Trinajstić information content (AvgIpc) is 2.32. The first-order valence-corrected chi connectivity index (χ1v) is 11.2. The third kappa shape index (κ3) is 4.56. The Bertz CT molecular complexity index is 1110. The van der Waals surface area contributed by atoms with Crippen LogP contribution in [0, 0.1) is 0 Å². The molecule has 132 valence electrons. The Kier molecular flexibility index (Phi) is 4.52. The number of rotatable bonds is 5. The highest BCUT2D eigenvalue weighted by Crippen LogP contribution is 2.35. The first-order chi connectivity index (χ1) is 10.8. The predicted octanol–water partition coefficient (Wildman–Crippen LogP) is 0.763. The molecular weight excluding hydrogens is 384 g/mol. The number of benzene rings is 2. The highest BCUT2D eigenvalue weighted by Gasteiger charge is 2.20. The van der Waals surface area contributed by atoms with E-state index in [9.17, 15) is 29.8 Å². The molecule has 0 radical (unpaired) electrons. The maximum atomic E-state index is 11.5. The summed E-state index contributed by atoms with van der Waals surface area (Å²) < 4.78 is 86.9. The van der Waals surface area contributed by atoms with Gasteiger partial charge in [-0.15, -0.1) is 0 Å². The second-order valence-corrected chi connectivity index (χ2v) is 9.36. The lowest BCUT2D eigenvalue weighted by Crippen LogP contribution is -2.09. The van der Waals surface area contributed by atoms with Crippen LogP contribution in [0.3, 0.4) is 0 Å². The molecule has 2 aromatic carbocycles. The molecule has 0 atom stereocenters. The summed E-state index contributed by atoms with van der Waals surface area (Å²) in [7, 11) is -12.6. The smallest absolute Gasteiger partial charge is 0.306 e. The first-order valence-electron chi connectivity index (χ1n) is 6.09. The predicted molar refractivity (Wildman–Crippen MR) is 84.7 cm³/mol. The van der Waals surface area contributed by atoms with Crippen molar-refractivity contribution in [1.29, 1.82) is 0 Å². The molecular formula is C12H12O9S3. The van der Waals surface area contributed by atoms with Crippen molar-refractivity contribution in [2.45, 2.75) is 4.90 Å². The van der Waals surface area contributed by atoms with Crippen molar-refractivity contribution in [3.63, 3.8) is 0 Å². The van der Waals surface area contributed by atoms with Gasteiger partial charge in [-0.2, -0.15) is 25.3 Å². The molecule has 12 heteroatoms. The van der Waals surface area contributed by atoms with Crippen LogP contribution < -0.4 is 8.37 Å². The van der Waals surface area contributed by atoms with Gasteiger partial charge in [0.25, 0.3) is 10.1 Å². The highest BCUT2D eigenvalue weighted by atomic mass is 32.2. The molecule has 1 N–H and O–H groups in total. The minimum atomic E-state index is -4.66. The summed E-state index contributed by atoms with van der Waals surface area (Å²) in [5, 5.41) is -0.142. The molecule has 0 saturated heterocycles. The number of hydrogen-bond acceptors (Lipinski definition) is 8. The molecule has 0 unspecified atom stereocenters. The highest BCUT2D eigenvalue weighted by molar-refractivity contribution is 7.86. The Morgan fingerprint density at radius 1 is 0.833 bits per heavy atom. The van der Waals surface area contributed by atoms with Crippen molar-refractivity contribution in [2.75, 3.05) is 12.5 Å². The Morgan fingerprint density at radius 2 is 1.42 bits per heavy atom. The minimum absolute atomic E-state index is 0.0244. The van der Waals surface area contributed by atoms with E-state index in [1.807, 2.05) is 0 Å². The molecule has 0 fully saturated rings. The Morgan fingerprint density at radius 3 is 1.92 bits per heavy atom. The summed E-state index contributed by atoms with van der Waals surface area (Å²) in [5.74, 6) is -0.723. The summed E-state index contributed by atoms with van der Waals surface area (Å²) in [6.45, 7) is 0. The monoisotopic (exact) mass is 396 g/mol. The van der Waals surface area contributed by atoms with Crippen LogP contribution in [-0.2, 0) is 30.4 Å². The molecule has 0 heterocycles. The SMILES string of the molecule is CS(=O)(=O)Oc1cc(OS(C)(=O)=O)c2cccc(S(=O)(=O)O)c2c1. The van der Waals surface area contributed by atoms with E-state index in [4.69, 9.17) is 4.18 Å². The van der Waals surface area contributed by atoms with Crippen molar-refractivity contribution in [3.8, 4) is 11.5 Å². The molecule has 2 aromatic rings. The van der Waals surface area contributed by atoms with Crippen LogP contribution in [0.25, 0.3) is 10.8 Å². The summed E-state index contributed by atoms with van der Waals surface area (Å²) in [5.41, 5.74) is 0. The molecule has 0 saturated carbocycles. The largest absolute Gasteiger partial charge is 0.382 e. The molecule has 0 aromatic heterocycles. The fourth-order valence-electron chi connectivity index (χ4n) is 1.98. The molecule has 9 nitrogen and oxygen atoms in total. The van der Waals surface area contributed by atoms with Crippen LogP contribution >= 0.6 is 0 Å². The second kappa shape index (κ2) is 5.88. The van der Waals surface area contributed by atoms with Crippen LogP contribution in [0.4, 0.5) is 0 Å². The van der Waals surface area contributed by atoms with Gasteiger partial charge in [-0.25, -0.2) is 0 Å². The zero-order valence-electron chi connectivity index (χ0n) is 12.3. The molecule has 0 bridgehead atoms. The van der Waals surface area contributed by atoms with E-state index in [0.717, 1.165) is 30.7 Å². The minimum Gasteiger partial charge on any atom is -0.382 e. The van der Waals surface area contributed by atoms with Gasteiger partial charge in [0.2, 0.25) is 0 Å². The molecule has 2 rings (SSSR count). The van der Waals surface area contributed by atoms with Crippen LogP contribution in [0.5, 0.6) is 11.5 Å². The van der Waals surface area contributed by atoms with Crippen LogP contribution in [0.1, 0.15) is 0 Å². The molecule has 24 heavy (non-hydrogen) atoms. The first kappa shape index (κ1) is 18.4. The number of hydrogen-bond donors (Lipinski definition) is 1. The van der Waals surface area contributed by atoms with Crippen molar-refractivity contribution in [2.24, 2.45) is 0 Å². The lowest BCUT2D eigenvalue weighted by atomic mass is 10.1. The van der Waals surface area contributed by atoms with Gasteiger partial charge in [0.05, 0.1) is 12.5 Å². The van der Waals surface area contributed by atoms with Crippen LogP contribution in [0.2, 0.25) is 0 Å². The van der Waals surface area contributed by atoms with Gasteiger partial charge >= 0.3 is 20.2 Å². The zero-order chi connectivity index (χ0) is 18.3. The van der Waals surface area contributed by atoms with Gasteiger partial charge in [0, 0.05) is 16.8 Å². The second-order valence-electron chi connectivity index (χ2n) is 4.82. The van der Waals surface area contributed by atoms with Gasteiger partial charge in [0.1, 0.15) is 10.6 Å². The molecule has 0 spiro atoms. The molecule has 0 amide bonds. The standard InChI is InChI=1S/C12H12O9S3/c1-22(13,14)20-8-6-10-9(11(7-8)21-23(2,15)16)4-3-5-12(10)24(17,18)19/h3-7H,1-2H3,(H,17,18,19). The zero-order valence-corrected chi connectivity index (χ0v) is 14.8. The van der Waals surface area contributed by atoms with E-state index >= 15 is 0 Å². The third-order valence-corrected chi connectivity index (χ3v) is 4.55. The van der Waals surface area contributed by atoms with Gasteiger partial charge in [-0.05, 0) is 12.1 Å². The van der Waals surface area contributed by atoms with E-state index in [0.29, 0.717) is 0 Å². The van der Waals surface area contributed by atoms with Gasteiger partial charge in [-0.3, -0.25) is 4.55 Å². The van der Waals surface area contributed by atoms with Crippen LogP contribution in [0.15, 0.2) is 35.2 Å². The molecule has 0 aliphatic carbocycles. The summed E-state index contributed by atoms with van der Waals surface area (Å²) in [6, 6.07) is 5.69. The summed E-state index contributed by atoms with van der Waals surface area (Å²) in [4.78, 5) is -0.558. The Labute approximate surface area is 138 Å².